The summed E-state index contributed by atoms with van der Waals surface area (Å²) in [6, 6.07) is 7.01. The van der Waals surface area contributed by atoms with Crippen molar-refractivity contribution in [3.05, 3.63) is 28.7 Å². The van der Waals surface area contributed by atoms with Crippen LogP contribution in [0.15, 0.2) is 28.7 Å². The summed E-state index contributed by atoms with van der Waals surface area (Å²) in [5.74, 6) is -0.0107. The van der Waals surface area contributed by atoms with E-state index in [2.05, 4.69) is 21.2 Å². The Morgan fingerprint density at radius 3 is 2.78 bits per heavy atom. The molecule has 0 aliphatic carbocycles. The molecule has 0 fully saturated rings. The van der Waals surface area contributed by atoms with Crippen LogP contribution in [0, 0.1) is 5.92 Å². The van der Waals surface area contributed by atoms with E-state index in [1.807, 2.05) is 38.1 Å². The van der Waals surface area contributed by atoms with E-state index >= 15 is 0 Å². The maximum absolute atomic E-state index is 10.9. The molecular weight excluding hydrogens is 298 g/mol. The molecule has 0 heterocycles. The fourth-order valence-electron chi connectivity index (χ4n) is 1.55. The highest BCUT2D eigenvalue weighted by Gasteiger charge is 2.19. The lowest BCUT2D eigenvalue weighted by atomic mass is 10.1. The Hall–Kier alpha value is -1.07. The van der Waals surface area contributed by atoms with Crippen LogP contribution in [0.25, 0.3) is 0 Å². The highest BCUT2D eigenvalue weighted by Crippen LogP contribution is 2.17. The van der Waals surface area contributed by atoms with Gasteiger partial charge in [-0.05, 0) is 24.1 Å². The number of aliphatic carboxylic acids is 1. The molecule has 100 valence electrons. The predicted octanol–water partition coefficient (Wildman–Crippen LogP) is 2.53. The number of ether oxygens (including phenoxy) is 1. The number of halogens is 1. The van der Waals surface area contributed by atoms with Crippen LogP contribution >= 0.6 is 15.9 Å². The zero-order chi connectivity index (χ0) is 13.5. The number of nitrogens with one attached hydrogen (secondary N) is 1. The lowest BCUT2D eigenvalue weighted by Gasteiger charge is -2.17. The third-order valence-corrected chi connectivity index (χ3v) is 2.96. The van der Waals surface area contributed by atoms with Crippen LogP contribution in [0.5, 0.6) is 5.75 Å². The highest BCUT2D eigenvalue weighted by atomic mass is 79.9. The van der Waals surface area contributed by atoms with Crippen molar-refractivity contribution in [3.8, 4) is 5.75 Å². The van der Waals surface area contributed by atoms with Gasteiger partial charge in [-0.15, -0.1) is 0 Å². The second kappa shape index (κ2) is 7.38. The molecular formula is C13H18BrNO3. The molecule has 0 saturated carbocycles. The molecule has 0 radical (unpaired) electrons. The molecule has 0 bridgehead atoms. The Kier molecular flexibility index (Phi) is 6.15. The molecule has 0 aliphatic rings. The van der Waals surface area contributed by atoms with Gasteiger partial charge in [0, 0.05) is 11.0 Å². The van der Waals surface area contributed by atoms with E-state index in [1.54, 1.807) is 0 Å². The molecule has 0 spiro atoms. The third-order valence-electron chi connectivity index (χ3n) is 2.46. The van der Waals surface area contributed by atoms with E-state index in [1.165, 1.54) is 0 Å². The number of benzene rings is 1. The summed E-state index contributed by atoms with van der Waals surface area (Å²) in [6.07, 6.45) is 0. The lowest BCUT2D eigenvalue weighted by Crippen LogP contribution is -2.42. The summed E-state index contributed by atoms with van der Waals surface area (Å²) < 4.78 is 6.47. The monoisotopic (exact) mass is 315 g/mol. The van der Waals surface area contributed by atoms with Crippen LogP contribution in [0.3, 0.4) is 0 Å². The van der Waals surface area contributed by atoms with Crippen LogP contribution in [-0.4, -0.2) is 30.3 Å². The first-order valence-corrected chi connectivity index (χ1v) is 6.64. The van der Waals surface area contributed by atoms with E-state index in [0.29, 0.717) is 13.2 Å². The second-order valence-corrected chi connectivity index (χ2v) is 5.24. The minimum Gasteiger partial charge on any atom is -0.492 e. The molecule has 4 nitrogen and oxygen atoms in total. The fraction of sp³-hybridized carbons (Fsp3) is 0.462. The quantitative estimate of drug-likeness (QED) is 0.759. The maximum Gasteiger partial charge on any atom is 0.320 e. The van der Waals surface area contributed by atoms with Crippen molar-refractivity contribution in [3.63, 3.8) is 0 Å². The minimum absolute atomic E-state index is 0.0494. The molecule has 1 aromatic carbocycles. The zero-order valence-electron chi connectivity index (χ0n) is 10.5. The standard InChI is InChI=1S/C13H18BrNO3/c1-9(2)12(13(16)17)15-6-7-18-11-5-3-4-10(14)8-11/h3-5,8-9,12,15H,6-7H2,1-2H3,(H,16,17). The average molecular weight is 316 g/mol. The van der Waals surface area contributed by atoms with Gasteiger partial charge in [0.05, 0.1) is 0 Å². The fourth-order valence-corrected chi connectivity index (χ4v) is 1.93. The molecule has 5 heteroatoms. The molecule has 0 saturated heterocycles. The molecule has 1 aromatic rings. The van der Waals surface area contributed by atoms with Gasteiger partial charge in [-0.2, -0.15) is 0 Å². The summed E-state index contributed by atoms with van der Waals surface area (Å²) in [7, 11) is 0. The van der Waals surface area contributed by atoms with Gasteiger partial charge in [-0.1, -0.05) is 35.8 Å². The van der Waals surface area contributed by atoms with Gasteiger partial charge >= 0.3 is 5.97 Å². The smallest absolute Gasteiger partial charge is 0.320 e. The molecule has 1 rings (SSSR count). The Morgan fingerprint density at radius 2 is 2.22 bits per heavy atom. The van der Waals surface area contributed by atoms with Gasteiger partial charge in [-0.25, -0.2) is 0 Å². The maximum atomic E-state index is 10.9. The van der Waals surface area contributed by atoms with Crippen LogP contribution in [0.4, 0.5) is 0 Å². The Labute approximate surface area is 115 Å². The van der Waals surface area contributed by atoms with E-state index in [-0.39, 0.29) is 5.92 Å². The number of carboxylic acid groups (broad SMARTS) is 1. The summed E-state index contributed by atoms with van der Waals surface area (Å²) in [4.78, 5) is 10.9. The normalized spacial score (nSPS) is 12.4. The van der Waals surface area contributed by atoms with Gasteiger partial charge in [0.25, 0.3) is 0 Å². The number of rotatable bonds is 7. The largest absolute Gasteiger partial charge is 0.492 e. The summed E-state index contributed by atoms with van der Waals surface area (Å²) >= 11 is 3.36. The number of hydrogen-bond acceptors (Lipinski definition) is 3. The van der Waals surface area contributed by atoms with Crippen molar-refractivity contribution in [1.82, 2.24) is 5.32 Å². The lowest BCUT2D eigenvalue weighted by molar-refractivity contribution is -0.140. The first-order chi connectivity index (χ1) is 8.50. The van der Waals surface area contributed by atoms with Crippen LogP contribution < -0.4 is 10.1 Å². The van der Waals surface area contributed by atoms with Crippen LogP contribution in [0.1, 0.15) is 13.8 Å². The zero-order valence-corrected chi connectivity index (χ0v) is 12.1. The van der Waals surface area contributed by atoms with Crippen molar-refractivity contribution in [1.29, 1.82) is 0 Å². The summed E-state index contributed by atoms with van der Waals surface area (Å²) in [5.41, 5.74) is 0. The molecule has 0 amide bonds. The first kappa shape index (κ1) is 15.0. The van der Waals surface area contributed by atoms with Gasteiger partial charge in [0.2, 0.25) is 0 Å². The van der Waals surface area contributed by atoms with Gasteiger partial charge in [-0.3, -0.25) is 4.79 Å². The van der Waals surface area contributed by atoms with Crippen molar-refractivity contribution >= 4 is 21.9 Å². The molecule has 1 unspecified atom stereocenters. The van der Waals surface area contributed by atoms with Crippen molar-refractivity contribution in [2.45, 2.75) is 19.9 Å². The van der Waals surface area contributed by atoms with Crippen LogP contribution in [0.2, 0.25) is 0 Å². The average Bonchev–Trinajstić information content (AvgIpc) is 2.27. The van der Waals surface area contributed by atoms with E-state index in [4.69, 9.17) is 9.84 Å². The van der Waals surface area contributed by atoms with Crippen molar-refractivity contribution in [2.75, 3.05) is 13.2 Å². The van der Waals surface area contributed by atoms with Crippen molar-refractivity contribution < 1.29 is 14.6 Å². The number of carboxylic acids is 1. The van der Waals surface area contributed by atoms with Gasteiger partial charge in [0.1, 0.15) is 18.4 Å². The molecule has 18 heavy (non-hydrogen) atoms. The summed E-state index contributed by atoms with van der Waals surface area (Å²) in [5, 5.41) is 12.0. The molecule has 1 atom stereocenters. The minimum atomic E-state index is -0.826. The molecule has 0 aliphatic heterocycles. The van der Waals surface area contributed by atoms with E-state index < -0.39 is 12.0 Å². The van der Waals surface area contributed by atoms with Gasteiger partial charge in [0.15, 0.2) is 0 Å². The Morgan fingerprint density at radius 1 is 1.50 bits per heavy atom. The van der Waals surface area contributed by atoms with E-state index in [9.17, 15) is 4.79 Å². The van der Waals surface area contributed by atoms with Crippen LogP contribution in [-0.2, 0) is 4.79 Å². The molecule has 2 N–H and O–H groups in total. The van der Waals surface area contributed by atoms with Crippen molar-refractivity contribution in [2.24, 2.45) is 5.92 Å². The summed E-state index contributed by atoms with van der Waals surface area (Å²) in [6.45, 7) is 4.69. The second-order valence-electron chi connectivity index (χ2n) is 4.32. The predicted molar refractivity (Wildman–Crippen MR) is 73.9 cm³/mol. The first-order valence-electron chi connectivity index (χ1n) is 5.85. The number of carbonyl (C=O) groups is 1. The Balaban J connectivity index is 2.32. The Bertz CT molecular complexity index is 396. The van der Waals surface area contributed by atoms with E-state index in [0.717, 1.165) is 10.2 Å². The molecule has 0 aromatic heterocycles. The highest BCUT2D eigenvalue weighted by molar-refractivity contribution is 9.10. The SMILES string of the molecule is CC(C)C(NCCOc1cccc(Br)c1)C(=O)O. The van der Waals surface area contributed by atoms with Gasteiger partial charge < -0.3 is 15.2 Å². The number of hydrogen-bond donors (Lipinski definition) is 2. The third kappa shape index (κ3) is 5.06. The topological polar surface area (TPSA) is 58.6 Å².